The highest BCUT2D eigenvalue weighted by Crippen LogP contribution is 2.34. The van der Waals surface area contributed by atoms with E-state index in [0.717, 1.165) is 5.06 Å². The molecule has 1 aliphatic heterocycles. The molecule has 4 N–H and O–H groups in total. The predicted octanol–water partition coefficient (Wildman–Crippen LogP) is 0.201. The van der Waals surface area contributed by atoms with Gasteiger partial charge in [-0.3, -0.25) is 5.21 Å². The Labute approximate surface area is 74.7 Å². The molecule has 1 unspecified atom stereocenters. The van der Waals surface area contributed by atoms with Gasteiger partial charge in [-0.1, -0.05) is 18.2 Å². The van der Waals surface area contributed by atoms with Crippen LogP contribution < -0.4 is 10.9 Å². The minimum atomic E-state index is -0.939. The predicted molar refractivity (Wildman–Crippen MR) is 47.3 cm³/mol. The highest BCUT2D eigenvalue weighted by molar-refractivity contribution is 6.05. The van der Waals surface area contributed by atoms with Gasteiger partial charge in [0.05, 0.1) is 5.69 Å². The molecule has 0 bridgehead atoms. The van der Waals surface area contributed by atoms with Gasteiger partial charge in [-0.2, -0.15) is 5.10 Å². The van der Waals surface area contributed by atoms with E-state index in [0.29, 0.717) is 11.3 Å². The molecule has 5 nitrogen and oxygen atoms in total. The van der Waals surface area contributed by atoms with E-state index >= 15 is 0 Å². The van der Waals surface area contributed by atoms with E-state index in [1.807, 2.05) is 0 Å². The molecule has 1 aromatic carbocycles. The maximum atomic E-state index is 9.60. The second kappa shape index (κ2) is 2.72. The number of rotatable bonds is 0. The van der Waals surface area contributed by atoms with Crippen molar-refractivity contribution in [1.82, 2.24) is 0 Å². The SMILES string of the molecule is N/N=C1/C(O)c2ccccc2N1O. The number of nitrogens with two attached hydrogens (primary N) is 1. The summed E-state index contributed by atoms with van der Waals surface area (Å²) in [4.78, 5) is 0. The van der Waals surface area contributed by atoms with Crippen LogP contribution in [0.5, 0.6) is 0 Å². The number of hydrogen-bond donors (Lipinski definition) is 3. The molecule has 13 heavy (non-hydrogen) atoms. The number of benzene rings is 1. The number of hydroxylamine groups is 1. The molecule has 0 spiro atoms. The number of amidine groups is 1. The van der Waals surface area contributed by atoms with Crippen molar-refractivity contribution in [2.24, 2.45) is 10.9 Å². The first-order valence-corrected chi connectivity index (χ1v) is 3.79. The minimum Gasteiger partial charge on any atom is -0.380 e. The van der Waals surface area contributed by atoms with Gasteiger partial charge in [0.25, 0.3) is 0 Å². The van der Waals surface area contributed by atoms with Crippen molar-refractivity contribution in [3.05, 3.63) is 29.8 Å². The lowest BCUT2D eigenvalue weighted by Crippen LogP contribution is -2.26. The summed E-state index contributed by atoms with van der Waals surface area (Å²) < 4.78 is 0. The van der Waals surface area contributed by atoms with Crippen LogP contribution in [0.3, 0.4) is 0 Å². The third-order valence-electron chi connectivity index (χ3n) is 2.05. The summed E-state index contributed by atoms with van der Waals surface area (Å²) in [5.41, 5.74) is 1.12. The molecule has 0 saturated heterocycles. The molecule has 5 heteroatoms. The van der Waals surface area contributed by atoms with E-state index in [9.17, 15) is 10.3 Å². The van der Waals surface area contributed by atoms with Crippen molar-refractivity contribution in [2.75, 3.05) is 5.06 Å². The third-order valence-corrected chi connectivity index (χ3v) is 2.05. The Morgan fingerprint density at radius 3 is 2.69 bits per heavy atom. The molecule has 0 saturated carbocycles. The number of nitrogens with zero attached hydrogens (tertiary/aromatic N) is 2. The zero-order valence-corrected chi connectivity index (χ0v) is 6.75. The molecule has 0 radical (unpaired) electrons. The van der Waals surface area contributed by atoms with E-state index in [2.05, 4.69) is 5.10 Å². The Balaban J connectivity index is 2.57. The van der Waals surface area contributed by atoms with Gasteiger partial charge in [0.1, 0.15) is 6.10 Å². The smallest absolute Gasteiger partial charge is 0.187 e. The van der Waals surface area contributed by atoms with Crippen LogP contribution in [0.2, 0.25) is 0 Å². The van der Waals surface area contributed by atoms with Crippen molar-refractivity contribution < 1.29 is 10.3 Å². The van der Waals surface area contributed by atoms with Crippen LogP contribution in [0.25, 0.3) is 0 Å². The molecule has 1 heterocycles. The first kappa shape index (κ1) is 8.03. The fraction of sp³-hybridized carbons (Fsp3) is 0.125. The fourth-order valence-corrected chi connectivity index (χ4v) is 1.42. The van der Waals surface area contributed by atoms with Crippen LogP contribution in [0.1, 0.15) is 11.7 Å². The molecule has 1 atom stereocenters. The van der Waals surface area contributed by atoms with Crippen LogP contribution in [-0.4, -0.2) is 16.1 Å². The molecule has 1 aromatic rings. The lowest BCUT2D eigenvalue weighted by atomic mass is 10.1. The van der Waals surface area contributed by atoms with Gasteiger partial charge < -0.3 is 10.9 Å². The van der Waals surface area contributed by atoms with Gasteiger partial charge in [-0.05, 0) is 6.07 Å². The van der Waals surface area contributed by atoms with Crippen LogP contribution >= 0.6 is 0 Å². The molecule has 0 aliphatic carbocycles. The molecule has 0 fully saturated rings. The number of hydrazone groups is 1. The average molecular weight is 179 g/mol. The van der Waals surface area contributed by atoms with Gasteiger partial charge in [0.2, 0.25) is 0 Å². The van der Waals surface area contributed by atoms with E-state index in [1.54, 1.807) is 24.3 Å². The highest BCUT2D eigenvalue weighted by Gasteiger charge is 2.32. The molecule has 0 aromatic heterocycles. The summed E-state index contributed by atoms with van der Waals surface area (Å²) in [5, 5.41) is 23.2. The quantitative estimate of drug-likeness (QED) is 0.392. The van der Waals surface area contributed by atoms with Crippen LogP contribution in [0, 0.1) is 0 Å². The Hall–Kier alpha value is -1.59. The van der Waals surface area contributed by atoms with Crippen molar-refractivity contribution in [2.45, 2.75) is 6.10 Å². The standard InChI is InChI=1S/C8H9N3O2/c9-10-8-7(12)5-3-1-2-4-6(5)11(8)13/h1-4,7,12-13H,9H2/b10-8-. The highest BCUT2D eigenvalue weighted by atomic mass is 16.5. The number of aliphatic hydroxyl groups excluding tert-OH is 1. The monoisotopic (exact) mass is 179 g/mol. The Morgan fingerprint density at radius 1 is 1.38 bits per heavy atom. The zero-order chi connectivity index (χ0) is 9.42. The van der Waals surface area contributed by atoms with Gasteiger partial charge >= 0.3 is 0 Å². The molecular formula is C8H9N3O2. The maximum Gasteiger partial charge on any atom is 0.187 e. The summed E-state index contributed by atoms with van der Waals surface area (Å²) >= 11 is 0. The molecule has 68 valence electrons. The van der Waals surface area contributed by atoms with E-state index < -0.39 is 6.10 Å². The Bertz CT molecular complexity index is 333. The van der Waals surface area contributed by atoms with Crippen LogP contribution in [0.15, 0.2) is 29.4 Å². The van der Waals surface area contributed by atoms with Crippen molar-refractivity contribution in [3.63, 3.8) is 0 Å². The second-order valence-corrected chi connectivity index (χ2v) is 2.76. The topological polar surface area (TPSA) is 82.1 Å². The summed E-state index contributed by atoms with van der Waals surface area (Å²) in [7, 11) is 0. The number of fused-ring (bicyclic) bond motifs is 1. The molecular weight excluding hydrogens is 170 g/mol. The summed E-state index contributed by atoms with van der Waals surface area (Å²) in [6, 6.07) is 6.92. The number of aliphatic hydroxyl groups is 1. The van der Waals surface area contributed by atoms with Gasteiger partial charge in [0.15, 0.2) is 5.84 Å². The van der Waals surface area contributed by atoms with E-state index in [4.69, 9.17) is 5.84 Å². The number of anilines is 1. The number of para-hydroxylation sites is 1. The van der Waals surface area contributed by atoms with E-state index in [-0.39, 0.29) is 5.84 Å². The van der Waals surface area contributed by atoms with Crippen molar-refractivity contribution in [3.8, 4) is 0 Å². The fourth-order valence-electron chi connectivity index (χ4n) is 1.42. The van der Waals surface area contributed by atoms with E-state index in [1.165, 1.54) is 0 Å². The summed E-state index contributed by atoms with van der Waals surface area (Å²) in [6.45, 7) is 0. The van der Waals surface area contributed by atoms with Crippen LogP contribution in [-0.2, 0) is 0 Å². The zero-order valence-electron chi connectivity index (χ0n) is 6.75. The summed E-state index contributed by atoms with van der Waals surface area (Å²) in [6.07, 6.45) is -0.939. The van der Waals surface area contributed by atoms with Gasteiger partial charge in [0, 0.05) is 5.56 Å². The normalized spacial score (nSPS) is 23.7. The van der Waals surface area contributed by atoms with Crippen LogP contribution in [0.4, 0.5) is 5.69 Å². The lowest BCUT2D eigenvalue weighted by Gasteiger charge is -2.09. The third kappa shape index (κ3) is 0.980. The lowest BCUT2D eigenvalue weighted by molar-refractivity contribution is 0.240. The van der Waals surface area contributed by atoms with Crippen molar-refractivity contribution >= 4 is 11.5 Å². The average Bonchev–Trinajstić information content (AvgIpc) is 2.41. The first-order chi connectivity index (χ1) is 6.25. The first-order valence-electron chi connectivity index (χ1n) is 3.79. The molecule has 2 rings (SSSR count). The number of hydrogen-bond acceptors (Lipinski definition) is 4. The minimum absolute atomic E-state index is 0.0428. The summed E-state index contributed by atoms with van der Waals surface area (Å²) in [5.74, 6) is 5.06. The van der Waals surface area contributed by atoms with Gasteiger partial charge in [-0.25, -0.2) is 5.06 Å². The maximum absolute atomic E-state index is 9.60. The largest absolute Gasteiger partial charge is 0.380 e. The van der Waals surface area contributed by atoms with Crippen molar-refractivity contribution in [1.29, 1.82) is 0 Å². The second-order valence-electron chi connectivity index (χ2n) is 2.76. The molecule has 0 amide bonds. The Morgan fingerprint density at radius 2 is 2.08 bits per heavy atom. The Kier molecular flexibility index (Phi) is 1.68. The molecule has 1 aliphatic rings. The van der Waals surface area contributed by atoms with Gasteiger partial charge in [-0.15, -0.1) is 0 Å².